The highest BCUT2D eigenvalue weighted by Crippen LogP contribution is 2.29. The van der Waals surface area contributed by atoms with Gasteiger partial charge in [-0.25, -0.2) is 4.79 Å². The van der Waals surface area contributed by atoms with Gasteiger partial charge in [0.2, 0.25) is 0 Å². The summed E-state index contributed by atoms with van der Waals surface area (Å²) in [6, 6.07) is 9.53. The number of esters is 1. The summed E-state index contributed by atoms with van der Waals surface area (Å²) in [7, 11) is 0. The Labute approximate surface area is 153 Å². The van der Waals surface area contributed by atoms with Crippen LogP contribution in [0, 0.1) is 0 Å². The van der Waals surface area contributed by atoms with Gasteiger partial charge in [-0.1, -0.05) is 12.1 Å². The fourth-order valence-electron chi connectivity index (χ4n) is 2.61. The molecule has 0 aromatic heterocycles. The molecule has 2 aromatic carbocycles. The summed E-state index contributed by atoms with van der Waals surface area (Å²) in [6.07, 6.45) is -1.55. The van der Waals surface area contributed by atoms with Gasteiger partial charge >= 0.3 is 12.1 Å². The van der Waals surface area contributed by atoms with Gasteiger partial charge in [0.05, 0.1) is 12.2 Å². The molecule has 0 N–H and O–H groups in total. The smallest absolute Gasteiger partial charge is 0.416 e. The minimum Gasteiger partial charge on any atom is -0.493 e. The van der Waals surface area contributed by atoms with Crippen molar-refractivity contribution in [3.8, 4) is 5.75 Å². The van der Waals surface area contributed by atoms with E-state index in [2.05, 4.69) is 0 Å². The van der Waals surface area contributed by atoms with Gasteiger partial charge in [-0.05, 0) is 47.5 Å². The number of halogens is 3. The molecule has 0 aliphatic carbocycles. The van der Waals surface area contributed by atoms with E-state index in [-0.39, 0.29) is 11.3 Å². The average Bonchev–Trinajstić information content (AvgIpc) is 3.11. The Bertz CT molecular complexity index is 900. The molecule has 0 spiro atoms. The van der Waals surface area contributed by atoms with Crippen LogP contribution in [-0.4, -0.2) is 25.0 Å². The molecule has 7 heteroatoms. The SMILES string of the molecule is O=C(/C=C/c1cccc(C(F)(F)F)c1)OCC(=O)c1ccc2c(c1)CCO2. The van der Waals surface area contributed by atoms with Crippen molar-refractivity contribution in [2.45, 2.75) is 12.6 Å². The van der Waals surface area contributed by atoms with Gasteiger partial charge < -0.3 is 9.47 Å². The minimum absolute atomic E-state index is 0.201. The van der Waals surface area contributed by atoms with E-state index >= 15 is 0 Å². The molecule has 0 atom stereocenters. The van der Waals surface area contributed by atoms with Crippen molar-refractivity contribution in [2.75, 3.05) is 13.2 Å². The maximum Gasteiger partial charge on any atom is 0.416 e. The fraction of sp³-hybridized carbons (Fsp3) is 0.200. The number of rotatable bonds is 5. The Morgan fingerprint density at radius 2 is 1.96 bits per heavy atom. The summed E-state index contributed by atoms with van der Waals surface area (Å²) < 4.78 is 48.2. The molecule has 0 saturated carbocycles. The monoisotopic (exact) mass is 376 g/mol. The molecule has 27 heavy (non-hydrogen) atoms. The van der Waals surface area contributed by atoms with E-state index in [1.54, 1.807) is 18.2 Å². The largest absolute Gasteiger partial charge is 0.493 e. The zero-order chi connectivity index (χ0) is 19.4. The summed E-state index contributed by atoms with van der Waals surface area (Å²) in [5.74, 6) is -0.441. The molecule has 1 heterocycles. The standard InChI is InChI=1S/C20H15F3O4/c21-20(22,23)16-3-1-2-13(10-16)4-7-19(25)27-12-17(24)14-5-6-18-15(11-14)8-9-26-18/h1-7,10-11H,8-9,12H2/b7-4+. The topological polar surface area (TPSA) is 52.6 Å². The van der Waals surface area contributed by atoms with Gasteiger partial charge in [0.1, 0.15) is 5.75 Å². The summed E-state index contributed by atoms with van der Waals surface area (Å²) in [5, 5.41) is 0. The highest BCUT2D eigenvalue weighted by molar-refractivity contribution is 5.99. The molecule has 0 bridgehead atoms. The fourth-order valence-corrected chi connectivity index (χ4v) is 2.61. The van der Waals surface area contributed by atoms with Crippen LogP contribution in [-0.2, 0) is 22.1 Å². The van der Waals surface area contributed by atoms with Crippen LogP contribution in [0.2, 0.25) is 0 Å². The number of fused-ring (bicyclic) bond motifs is 1. The van der Waals surface area contributed by atoms with E-state index in [1.165, 1.54) is 18.2 Å². The molecule has 2 aromatic rings. The highest BCUT2D eigenvalue weighted by atomic mass is 19.4. The van der Waals surface area contributed by atoms with Gasteiger partial charge in [0.15, 0.2) is 12.4 Å². The number of hydrogen-bond donors (Lipinski definition) is 0. The van der Waals surface area contributed by atoms with E-state index in [4.69, 9.17) is 9.47 Å². The number of carbonyl (C=O) groups is 2. The second kappa shape index (κ2) is 7.65. The molecule has 0 amide bonds. The predicted octanol–water partition coefficient (Wildman–Crippen LogP) is 4.08. The lowest BCUT2D eigenvalue weighted by molar-refractivity contribution is -0.138. The third kappa shape index (κ3) is 4.75. The summed E-state index contributed by atoms with van der Waals surface area (Å²) in [5.41, 5.74) is 0.728. The van der Waals surface area contributed by atoms with Crippen LogP contribution in [0.1, 0.15) is 27.0 Å². The van der Waals surface area contributed by atoms with Crippen molar-refractivity contribution in [1.82, 2.24) is 0 Å². The van der Waals surface area contributed by atoms with Crippen molar-refractivity contribution in [1.29, 1.82) is 0 Å². The lowest BCUT2D eigenvalue weighted by Crippen LogP contribution is -2.12. The Hall–Kier alpha value is -3.09. The average molecular weight is 376 g/mol. The molecule has 1 aliphatic heterocycles. The first kappa shape index (κ1) is 18.7. The van der Waals surface area contributed by atoms with Crippen molar-refractivity contribution < 1.29 is 32.2 Å². The number of Topliss-reactive ketones (excluding diaryl/α,β-unsaturated/α-hetero) is 1. The van der Waals surface area contributed by atoms with Crippen molar-refractivity contribution >= 4 is 17.8 Å². The molecule has 1 aliphatic rings. The Morgan fingerprint density at radius 1 is 1.15 bits per heavy atom. The Morgan fingerprint density at radius 3 is 2.74 bits per heavy atom. The summed E-state index contributed by atoms with van der Waals surface area (Å²) in [4.78, 5) is 23.8. The number of carbonyl (C=O) groups excluding carboxylic acids is 2. The van der Waals surface area contributed by atoms with Crippen LogP contribution in [0.4, 0.5) is 13.2 Å². The molecule has 0 saturated heterocycles. The predicted molar refractivity (Wildman–Crippen MR) is 91.4 cm³/mol. The first-order valence-electron chi connectivity index (χ1n) is 8.14. The summed E-state index contributed by atoms with van der Waals surface area (Å²) in [6.45, 7) is 0.119. The van der Waals surface area contributed by atoms with E-state index in [0.29, 0.717) is 12.2 Å². The minimum atomic E-state index is -4.46. The molecule has 0 fully saturated rings. The number of ether oxygens (including phenoxy) is 2. The highest BCUT2D eigenvalue weighted by Gasteiger charge is 2.30. The second-order valence-electron chi connectivity index (χ2n) is 5.91. The number of alkyl halides is 3. The number of ketones is 1. The van der Waals surface area contributed by atoms with E-state index in [1.807, 2.05) is 0 Å². The van der Waals surface area contributed by atoms with E-state index in [9.17, 15) is 22.8 Å². The van der Waals surface area contributed by atoms with Crippen LogP contribution in [0.25, 0.3) is 6.08 Å². The maximum absolute atomic E-state index is 12.7. The van der Waals surface area contributed by atoms with Gasteiger partial charge in [0.25, 0.3) is 0 Å². The quantitative estimate of drug-likeness (QED) is 0.448. The number of hydrogen-bond acceptors (Lipinski definition) is 4. The summed E-state index contributed by atoms with van der Waals surface area (Å²) >= 11 is 0. The third-order valence-corrected chi connectivity index (χ3v) is 3.98. The first-order chi connectivity index (χ1) is 12.8. The Balaban J connectivity index is 1.56. The van der Waals surface area contributed by atoms with Crippen molar-refractivity contribution in [3.05, 3.63) is 70.8 Å². The molecular weight excluding hydrogens is 361 g/mol. The van der Waals surface area contributed by atoms with E-state index in [0.717, 1.165) is 35.9 Å². The van der Waals surface area contributed by atoms with Gasteiger partial charge in [0, 0.05) is 18.1 Å². The molecule has 0 radical (unpaired) electrons. The van der Waals surface area contributed by atoms with Crippen molar-refractivity contribution in [2.24, 2.45) is 0 Å². The second-order valence-corrected chi connectivity index (χ2v) is 5.91. The van der Waals surface area contributed by atoms with Crippen LogP contribution in [0.15, 0.2) is 48.5 Å². The van der Waals surface area contributed by atoms with Crippen molar-refractivity contribution in [3.63, 3.8) is 0 Å². The molecule has 3 rings (SSSR count). The van der Waals surface area contributed by atoms with Crippen LogP contribution in [0.3, 0.4) is 0 Å². The zero-order valence-electron chi connectivity index (χ0n) is 14.1. The molecule has 4 nitrogen and oxygen atoms in total. The first-order valence-corrected chi connectivity index (χ1v) is 8.14. The van der Waals surface area contributed by atoms with Crippen LogP contribution < -0.4 is 4.74 Å². The van der Waals surface area contributed by atoms with Gasteiger partial charge in [-0.2, -0.15) is 13.2 Å². The molecule has 140 valence electrons. The normalized spacial score (nSPS) is 13.3. The lowest BCUT2D eigenvalue weighted by Gasteiger charge is -2.06. The van der Waals surface area contributed by atoms with Crippen LogP contribution >= 0.6 is 0 Å². The van der Waals surface area contributed by atoms with Crippen LogP contribution in [0.5, 0.6) is 5.75 Å². The van der Waals surface area contributed by atoms with E-state index < -0.39 is 24.3 Å². The third-order valence-electron chi connectivity index (χ3n) is 3.98. The maximum atomic E-state index is 12.7. The lowest BCUT2D eigenvalue weighted by atomic mass is 10.1. The number of benzene rings is 2. The zero-order valence-corrected chi connectivity index (χ0v) is 14.1. The molecule has 0 unspecified atom stereocenters. The Kier molecular flexibility index (Phi) is 5.30. The molecular formula is C20H15F3O4. The van der Waals surface area contributed by atoms with Gasteiger partial charge in [-0.3, -0.25) is 4.79 Å². The van der Waals surface area contributed by atoms with Gasteiger partial charge in [-0.15, -0.1) is 0 Å².